The first kappa shape index (κ1) is 27.4. The summed E-state index contributed by atoms with van der Waals surface area (Å²) in [4.78, 5) is 38.4. The number of alkyl carbamates (subject to hydrolysis) is 1. The van der Waals surface area contributed by atoms with E-state index in [0.29, 0.717) is 40.4 Å². The lowest BCUT2D eigenvalue weighted by Crippen LogP contribution is -2.40. The molecule has 0 aliphatic carbocycles. The van der Waals surface area contributed by atoms with Crippen molar-refractivity contribution in [1.29, 1.82) is 0 Å². The zero-order valence-corrected chi connectivity index (χ0v) is 21.8. The average molecular weight is 533 g/mol. The topological polar surface area (TPSA) is 99.8 Å². The fourth-order valence-corrected chi connectivity index (χ4v) is 4.34. The van der Waals surface area contributed by atoms with Gasteiger partial charge in [-0.2, -0.15) is 0 Å². The largest absolute Gasteiger partial charge is 0.416 e. The molecular weight excluding hydrogens is 503 g/mol. The number of allylic oxidation sites excluding steroid dienone is 1. The molecule has 8 nitrogen and oxygen atoms in total. The molecule has 1 heterocycles. The Morgan fingerprint density at radius 1 is 1.06 bits per heavy atom. The van der Waals surface area contributed by atoms with Crippen LogP contribution in [0.25, 0.3) is 0 Å². The Morgan fingerprint density at radius 3 is 2.25 bits per heavy atom. The minimum Gasteiger partial charge on any atom is -0.416 e. The van der Waals surface area contributed by atoms with Crippen LogP contribution >= 0.6 is 23.2 Å². The molecule has 0 aromatic heterocycles. The number of urea groups is 1. The Hall–Kier alpha value is -3.23. The van der Waals surface area contributed by atoms with Gasteiger partial charge in [-0.05, 0) is 55.5 Å². The van der Waals surface area contributed by atoms with Gasteiger partial charge in [-0.25, -0.2) is 9.59 Å². The van der Waals surface area contributed by atoms with Crippen LogP contribution in [0, 0.1) is 5.92 Å². The summed E-state index contributed by atoms with van der Waals surface area (Å²) in [6.45, 7) is 8.14. The molecule has 0 bridgehead atoms. The molecule has 1 aliphatic rings. The smallest absolute Gasteiger partial charge is 0.412 e. The molecule has 3 rings (SSSR count). The van der Waals surface area contributed by atoms with E-state index >= 15 is 0 Å². The Bertz CT molecular complexity index is 1100. The van der Waals surface area contributed by atoms with Gasteiger partial charge in [0.25, 0.3) is 0 Å². The summed E-state index contributed by atoms with van der Waals surface area (Å²) in [5.41, 5.74) is 2.25. The van der Waals surface area contributed by atoms with E-state index in [4.69, 9.17) is 27.9 Å². The van der Waals surface area contributed by atoms with Crippen LogP contribution in [-0.2, 0) is 9.53 Å². The van der Waals surface area contributed by atoms with Gasteiger partial charge in [0.05, 0.1) is 27.4 Å². The van der Waals surface area contributed by atoms with Gasteiger partial charge < -0.3 is 25.6 Å². The number of hydrogen-bond donors (Lipinski definition) is 3. The van der Waals surface area contributed by atoms with Crippen molar-refractivity contribution in [3.63, 3.8) is 0 Å². The molecular formula is C26H30Cl2N4O4. The van der Waals surface area contributed by atoms with E-state index in [1.165, 1.54) is 0 Å². The van der Waals surface area contributed by atoms with Crippen molar-refractivity contribution < 1.29 is 19.1 Å². The summed E-state index contributed by atoms with van der Waals surface area (Å²) in [5, 5.41) is 9.00. The van der Waals surface area contributed by atoms with Crippen LogP contribution in [0.2, 0.25) is 10.0 Å². The maximum absolute atomic E-state index is 12.7. The molecule has 2 aromatic carbocycles. The number of nitrogens with zero attached hydrogens (tertiary/aromatic N) is 1. The van der Waals surface area contributed by atoms with Crippen LogP contribution in [0.15, 0.2) is 54.8 Å². The quantitative estimate of drug-likeness (QED) is 0.367. The van der Waals surface area contributed by atoms with Crippen molar-refractivity contribution in [1.82, 2.24) is 10.2 Å². The van der Waals surface area contributed by atoms with Crippen LogP contribution in [0.1, 0.15) is 38.2 Å². The first-order valence-corrected chi connectivity index (χ1v) is 12.4. The number of amides is 4. The van der Waals surface area contributed by atoms with Crippen LogP contribution in [-0.4, -0.2) is 42.6 Å². The third-order valence-corrected chi connectivity index (χ3v) is 6.52. The van der Waals surface area contributed by atoms with Crippen LogP contribution in [0.5, 0.6) is 0 Å². The second-order valence-corrected chi connectivity index (χ2v) is 9.59. The standard InChI is InChI=1S/C26H30Cl2N4O4/c1-16(2)36-26(35)29-15-17(3)24(33)30-20-9-7-18(8-10-20)19-11-13-32(14-12-19)25(34)31-23-21(27)5-4-6-22(23)28/h4-10,17,19H,1,11-15H2,2-3H3,(H,29,35)(H,30,33)(H,31,34). The van der Waals surface area contributed by atoms with Crippen molar-refractivity contribution in [2.45, 2.75) is 32.6 Å². The Kier molecular flexibility index (Phi) is 9.61. The summed E-state index contributed by atoms with van der Waals surface area (Å²) in [7, 11) is 0. The van der Waals surface area contributed by atoms with E-state index in [2.05, 4.69) is 22.5 Å². The minimum atomic E-state index is -0.636. The highest BCUT2D eigenvalue weighted by Gasteiger charge is 2.25. The van der Waals surface area contributed by atoms with Gasteiger partial charge in [-0.3, -0.25) is 4.79 Å². The van der Waals surface area contributed by atoms with E-state index in [0.717, 1.165) is 18.4 Å². The van der Waals surface area contributed by atoms with E-state index in [-0.39, 0.29) is 24.2 Å². The van der Waals surface area contributed by atoms with Gasteiger partial charge in [-0.1, -0.05) is 54.9 Å². The molecule has 1 atom stereocenters. The van der Waals surface area contributed by atoms with E-state index in [1.807, 2.05) is 24.3 Å². The maximum atomic E-state index is 12.7. The average Bonchev–Trinajstić information content (AvgIpc) is 2.85. The molecule has 0 spiro atoms. The Labute approximate surface area is 221 Å². The van der Waals surface area contributed by atoms with Gasteiger partial charge in [0.1, 0.15) is 0 Å². The lowest BCUT2D eigenvalue weighted by molar-refractivity contribution is -0.119. The number of anilines is 2. The first-order chi connectivity index (χ1) is 17.1. The number of ether oxygens (including phenoxy) is 1. The van der Waals surface area contributed by atoms with E-state index in [1.54, 1.807) is 36.9 Å². The second-order valence-electron chi connectivity index (χ2n) is 8.77. The van der Waals surface area contributed by atoms with Gasteiger partial charge in [0.2, 0.25) is 5.91 Å². The normalized spacial score (nSPS) is 14.5. The number of rotatable bonds is 7. The lowest BCUT2D eigenvalue weighted by atomic mass is 9.89. The van der Waals surface area contributed by atoms with Gasteiger partial charge in [0, 0.05) is 25.3 Å². The SMILES string of the molecule is C=C(C)OC(=O)NCC(C)C(=O)Nc1ccc(C2CCN(C(=O)Nc3c(Cl)cccc3Cl)CC2)cc1. The lowest BCUT2D eigenvalue weighted by Gasteiger charge is -2.32. The Balaban J connectivity index is 1.46. The van der Waals surface area contributed by atoms with Crippen molar-refractivity contribution in [2.24, 2.45) is 5.92 Å². The molecule has 1 fully saturated rings. The molecule has 3 N–H and O–H groups in total. The van der Waals surface area contributed by atoms with Crippen molar-refractivity contribution in [3.05, 3.63) is 70.4 Å². The summed E-state index contributed by atoms with van der Waals surface area (Å²) in [5.74, 6) is -0.0689. The molecule has 4 amide bonds. The summed E-state index contributed by atoms with van der Waals surface area (Å²) < 4.78 is 4.81. The number of carbonyl (C=O) groups excluding carboxylic acids is 3. The van der Waals surface area contributed by atoms with Gasteiger partial charge >= 0.3 is 12.1 Å². The molecule has 1 unspecified atom stereocenters. The monoisotopic (exact) mass is 532 g/mol. The Morgan fingerprint density at radius 2 is 1.67 bits per heavy atom. The third kappa shape index (κ3) is 7.63. The highest BCUT2D eigenvalue weighted by Crippen LogP contribution is 2.32. The zero-order chi connectivity index (χ0) is 26.2. The second kappa shape index (κ2) is 12.6. The maximum Gasteiger partial charge on any atom is 0.412 e. The highest BCUT2D eigenvalue weighted by atomic mass is 35.5. The number of nitrogens with one attached hydrogen (secondary N) is 3. The fourth-order valence-electron chi connectivity index (χ4n) is 3.85. The predicted octanol–water partition coefficient (Wildman–Crippen LogP) is 6.24. The molecule has 0 radical (unpaired) electrons. The van der Waals surface area contributed by atoms with Gasteiger partial charge in [-0.15, -0.1) is 0 Å². The molecule has 10 heteroatoms. The fraction of sp³-hybridized carbons (Fsp3) is 0.346. The minimum absolute atomic E-state index is 0.144. The number of hydrogen-bond acceptors (Lipinski definition) is 4. The zero-order valence-electron chi connectivity index (χ0n) is 20.3. The molecule has 36 heavy (non-hydrogen) atoms. The van der Waals surface area contributed by atoms with Crippen molar-refractivity contribution in [3.8, 4) is 0 Å². The number of halogens is 2. The number of likely N-dealkylation sites (tertiary alicyclic amines) is 1. The number of benzene rings is 2. The molecule has 1 saturated heterocycles. The number of carbonyl (C=O) groups is 3. The molecule has 2 aromatic rings. The number of piperidine rings is 1. The summed E-state index contributed by atoms with van der Waals surface area (Å²) in [6, 6.07) is 12.6. The van der Waals surface area contributed by atoms with Crippen LogP contribution in [0.3, 0.4) is 0 Å². The molecule has 0 saturated carbocycles. The predicted molar refractivity (Wildman–Crippen MR) is 143 cm³/mol. The number of para-hydroxylation sites is 1. The third-order valence-electron chi connectivity index (χ3n) is 5.89. The first-order valence-electron chi connectivity index (χ1n) is 11.7. The molecule has 192 valence electrons. The van der Waals surface area contributed by atoms with E-state index in [9.17, 15) is 14.4 Å². The van der Waals surface area contributed by atoms with E-state index < -0.39 is 12.0 Å². The van der Waals surface area contributed by atoms with Crippen molar-refractivity contribution >= 4 is 52.6 Å². The van der Waals surface area contributed by atoms with Gasteiger partial charge in [0.15, 0.2) is 0 Å². The van der Waals surface area contributed by atoms with Crippen molar-refractivity contribution in [2.75, 3.05) is 30.3 Å². The van der Waals surface area contributed by atoms with Crippen LogP contribution < -0.4 is 16.0 Å². The molecule has 1 aliphatic heterocycles. The highest BCUT2D eigenvalue weighted by molar-refractivity contribution is 6.39. The summed E-state index contributed by atoms with van der Waals surface area (Å²) >= 11 is 12.3. The van der Waals surface area contributed by atoms with Crippen LogP contribution in [0.4, 0.5) is 21.0 Å². The summed E-state index contributed by atoms with van der Waals surface area (Å²) in [6.07, 6.45) is 0.999.